The summed E-state index contributed by atoms with van der Waals surface area (Å²) >= 11 is 0. The van der Waals surface area contributed by atoms with Crippen LogP contribution in [0.25, 0.3) is 11.2 Å². The van der Waals surface area contributed by atoms with E-state index in [4.69, 9.17) is 28.2 Å². The van der Waals surface area contributed by atoms with Crippen molar-refractivity contribution >= 4 is 36.9 Å². The molecule has 17 heteroatoms. The Morgan fingerprint density at radius 2 is 1.60 bits per heavy atom. The molecule has 2 heterocycles. The van der Waals surface area contributed by atoms with Crippen LogP contribution in [0.4, 0.5) is 15.4 Å². The first kappa shape index (κ1) is 33.2. The Morgan fingerprint density at radius 1 is 1.00 bits per heavy atom. The van der Waals surface area contributed by atoms with Crippen LogP contribution in [0.3, 0.4) is 0 Å². The number of aliphatic hydroxyl groups excluding tert-OH is 1. The Bertz CT molecular complexity index is 1120. The Kier molecular flexibility index (Phi) is 13.0. The fourth-order valence-electron chi connectivity index (χ4n) is 3.41. The van der Waals surface area contributed by atoms with Gasteiger partial charge in [0.25, 0.3) is 0 Å². The summed E-state index contributed by atoms with van der Waals surface area (Å²) in [5.41, 5.74) is 1.10. The SMILES string of the molecule is CCN(CC)c1ncnc2c1ncn2C(CO)CCOCP(=O)(O)OC(OC(=O)OC(C)C)OC(=O)OC(C)C. The number of aromatic nitrogens is 4. The topological polar surface area (TPSA) is 194 Å². The van der Waals surface area contributed by atoms with E-state index in [-0.39, 0.29) is 19.6 Å². The molecule has 0 bridgehead atoms. The number of aliphatic hydroxyl groups is 1. The van der Waals surface area contributed by atoms with Crippen molar-refractivity contribution in [1.82, 2.24) is 19.5 Å². The molecule has 0 saturated carbocycles. The van der Waals surface area contributed by atoms with Gasteiger partial charge in [-0.25, -0.2) is 29.1 Å². The summed E-state index contributed by atoms with van der Waals surface area (Å²) in [4.78, 5) is 48.9. The van der Waals surface area contributed by atoms with Gasteiger partial charge >= 0.3 is 26.4 Å². The molecule has 0 saturated heterocycles. The number of fused-ring (bicyclic) bond motifs is 1. The number of carbonyl (C=O) groups excluding carboxylic acids is 2. The predicted molar refractivity (Wildman–Crippen MR) is 141 cm³/mol. The molecule has 0 aliphatic rings. The Morgan fingerprint density at radius 3 is 2.12 bits per heavy atom. The molecule has 0 fully saturated rings. The molecule has 2 atom stereocenters. The average molecular weight is 592 g/mol. The highest BCUT2D eigenvalue weighted by molar-refractivity contribution is 7.52. The van der Waals surface area contributed by atoms with Crippen molar-refractivity contribution in [3.05, 3.63) is 12.7 Å². The Hall–Kier alpha value is -3.04. The smallest absolute Gasteiger partial charge is 0.431 e. The lowest BCUT2D eigenvalue weighted by atomic mass is 10.2. The molecular formula is C23H38N5O11P. The molecule has 0 radical (unpaired) electrons. The van der Waals surface area contributed by atoms with Crippen LogP contribution in [-0.2, 0) is 32.8 Å². The summed E-state index contributed by atoms with van der Waals surface area (Å²) in [5.74, 6) is 0.675. The number of hydrogen-bond acceptors (Lipinski definition) is 14. The van der Waals surface area contributed by atoms with Gasteiger partial charge in [0.15, 0.2) is 17.0 Å². The number of hydrogen-bond donors (Lipinski definition) is 2. The molecule has 2 aromatic rings. The van der Waals surface area contributed by atoms with Crippen molar-refractivity contribution in [2.75, 3.05) is 37.6 Å². The summed E-state index contributed by atoms with van der Waals surface area (Å²) < 4.78 is 43.3. The number of nitrogens with zero attached hydrogens (tertiary/aromatic N) is 5. The lowest BCUT2D eigenvalue weighted by Crippen LogP contribution is -2.29. The number of ether oxygens (including phenoxy) is 5. The quantitative estimate of drug-likeness (QED) is 0.125. The highest BCUT2D eigenvalue weighted by Crippen LogP contribution is 2.44. The second-order valence-corrected chi connectivity index (χ2v) is 10.7. The zero-order valence-corrected chi connectivity index (χ0v) is 24.4. The van der Waals surface area contributed by atoms with Gasteiger partial charge in [-0.05, 0) is 48.0 Å². The lowest BCUT2D eigenvalue weighted by molar-refractivity contribution is -0.209. The van der Waals surface area contributed by atoms with Crippen LogP contribution in [0.1, 0.15) is 54.0 Å². The largest absolute Gasteiger partial charge is 0.513 e. The highest BCUT2D eigenvalue weighted by Gasteiger charge is 2.32. The van der Waals surface area contributed by atoms with Gasteiger partial charge in [0.2, 0.25) is 0 Å². The number of rotatable bonds is 16. The maximum absolute atomic E-state index is 12.6. The van der Waals surface area contributed by atoms with E-state index in [1.807, 2.05) is 18.7 Å². The van der Waals surface area contributed by atoms with Crippen molar-refractivity contribution in [3.8, 4) is 0 Å². The zero-order chi connectivity index (χ0) is 29.9. The van der Waals surface area contributed by atoms with E-state index in [9.17, 15) is 24.2 Å². The van der Waals surface area contributed by atoms with Gasteiger partial charge in [0, 0.05) is 19.7 Å². The molecule has 226 valence electrons. The van der Waals surface area contributed by atoms with E-state index in [0.717, 1.165) is 13.1 Å². The first-order valence-electron chi connectivity index (χ1n) is 12.8. The monoisotopic (exact) mass is 591 g/mol. The summed E-state index contributed by atoms with van der Waals surface area (Å²) in [6.45, 7) is 9.02. The van der Waals surface area contributed by atoms with Gasteiger partial charge < -0.3 is 43.2 Å². The summed E-state index contributed by atoms with van der Waals surface area (Å²) in [6.07, 6.45) is -1.43. The summed E-state index contributed by atoms with van der Waals surface area (Å²) in [5, 5.41) is 9.99. The lowest BCUT2D eigenvalue weighted by Gasteiger charge is -2.22. The van der Waals surface area contributed by atoms with Gasteiger partial charge in [-0.1, -0.05) is 0 Å². The van der Waals surface area contributed by atoms with Crippen molar-refractivity contribution < 1.29 is 52.4 Å². The number of imidazole rings is 1. The van der Waals surface area contributed by atoms with Crippen LogP contribution in [0.5, 0.6) is 0 Å². The molecule has 16 nitrogen and oxygen atoms in total. The minimum absolute atomic E-state index is 0.0794. The molecule has 2 aromatic heterocycles. The Balaban J connectivity index is 2.01. The minimum atomic E-state index is -4.62. The standard InChI is InChI=1S/C23H38N5O11P/c1-7-27(8-2)19-18-20(25-12-24-19)28(13-26-18)17(11-29)9-10-34-14-40(32,33)39-23(37-21(30)35-15(3)4)38-22(31)36-16(5)6/h12-13,15-17,23,29H,7-11,14H2,1-6H3,(H,32,33). The molecule has 2 rings (SSSR count). The van der Waals surface area contributed by atoms with Gasteiger partial charge in [-0.15, -0.1) is 0 Å². The molecular weight excluding hydrogens is 553 g/mol. The maximum Gasteiger partial charge on any atom is 0.513 e. The van der Waals surface area contributed by atoms with Crippen LogP contribution in [0, 0.1) is 0 Å². The van der Waals surface area contributed by atoms with Crippen LogP contribution < -0.4 is 4.90 Å². The molecule has 40 heavy (non-hydrogen) atoms. The van der Waals surface area contributed by atoms with Crippen molar-refractivity contribution in [2.24, 2.45) is 0 Å². The zero-order valence-electron chi connectivity index (χ0n) is 23.5. The third-order valence-electron chi connectivity index (χ3n) is 5.16. The van der Waals surface area contributed by atoms with Gasteiger partial charge in [-0.2, -0.15) is 0 Å². The van der Waals surface area contributed by atoms with Gasteiger partial charge in [-0.3, -0.25) is 4.57 Å². The third kappa shape index (κ3) is 10.2. The summed E-state index contributed by atoms with van der Waals surface area (Å²) in [6, 6.07) is -0.514. The first-order chi connectivity index (χ1) is 18.9. The van der Waals surface area contributed by atoms with E-state index in [1.54, 1.807) is 38.6 Å². The van der Waals surface area contributed by atoms with E-state index in [0.29, 0.717) is 17.0 Å². The average Bonchev–Trinajstić information content (AvgIpc) is 3.28. The second-order valence-electron chi connectivity index (χ2n) is 8.96. The molecule has 2 unspecified atom stereocenters. The van der Waals surface area contributed by atoms with Crippen molar-refractivity contribution in [1.29, 1.82) is 0 Å². The van der Waals surface area contributed by atoms with E-state index in [1.165, 1.54) is 6.33 Å². The summed E-state index contributed by atoms with van der Waals surface area (Å²) in [7, 11) is -4.62. The normalized spacial score (nSPS) is 13.9. The van der Waals surface area contributed by atoms with Gasteiger partial charge in [0.1, 0.15) is 12.7 Å². The van der Waals surface area contributed by atoms with Crippen molar-refractivity contribution in [3.63, 3.8) is 0 Å². The molecule has 0 aromatic carbocycles. The first-order valence-corrected chi connectivity index (χ1v) is 14.5. The van der Waals surface area contributed by atoms with E-state index >= 15 is 0 Å². The second kappa shape index (κ2) is 15.7. The molecule has 0 aliphatic heterocycles. The van der Waals surface area contributed by atoms with Crippen LogP contribution in [0.15, 0.2) is 12.7 Å². The van der Waals surface area contributed by atoms with Crippen LogP contribution in [0.2, 0.25) is 0 Å². The molecule has 0 amide bonds. The predicted octanol–water partition coefficient (Wildman–Crippen LogP) is 3.18. The fourth-order valence-corrected chi connectivity index (χ4v) is 4.18. The third-order valence-corrected chi connectivity index (χ3v) is 6.17. The molecule has 0 spiro atoms. The fraction of sp³-hybridized carbons (Fsp3) is 0.696. The van der Waals surface area contributed by atoms with E-state index in [2.05, 4.69) is 15.0 Å². The van der Waals surface area contributed by atoms with Crippen molar-refractivity contribution in [2.45, 2.75) is 72.7 Å². The van der Waals surface area contributed by atoms with Gasteiger partial charge in [0.05, 0.1) is 31.2 Å². The van der Waals surface area contributed by atoms with Crippen LogP contribution >= 0.6 is 7.60 Å². The number of carbonyl (C=O) groups is 2. The minimum Gasteiger partial charge on any atom is -0.431 e. The Labute approximate surface area is 232 Å². The van der Waals surface area contributed by atoms with E-state index < -0.39 is 51.0 Å². The molecule has 0 aliphatic carbocycles. The molecule has 2 N–H and O–H groups in total. The number of anilines is 1. The maximum atomic E-state index is 12.6. The van der Waals surface area contributed by atoms with Crippen LogP contribution in [-0.4, -0.2) is 93.2 Å². The highest BCUT2D eigenvalue weighted by atomic mass is 31.2.